The number of likely N-dealkylation sites (N-methyl/N-ethyl adjacent to an activating group) is 1. The van der Waals surface area contributed by atoms with E-state index in [1.54, 1.807) is 51.9 Å². The number of Topliss-reactive ketones (excluding diaryl/α,β-unsaturated/α-hetero) is 2. The number of ether oxygens (including phenoxy) is 6. The molecule has 3 saturated heterocycles. The van der Waals surface area contributed by atoms with Crippen LogP contribution in [-0.2, 0) is 54.1 Å². The zero-order chi connectivity index (χ0) is 45.0. The first kappa shape index (κ1) is 47.8. The lowest BCUT2D eigenvalue weighted by molar-refractivity contribution is -0.298. The number of esters is 2. The number of hydrogen-bond donors (Lipinski definition) is 0. The predicted molar refractivity (Wildman–Crippen MR) is 224 cm³/mol. The van der Waals surface area contributed by atoms with Gasteiger partial charge in [-0.2, -0.15) is 5.10 Å². The molecule has 0 spiro atoms. The van der Waals surface area contributed by atoms with E-state index in [1.165, 1.54) is 21.0 Å². The van der Waals surface area contributed by atoms with Crippen LogP contribution >= 0.6 is 0 Å². The van der Waals surface area contributed by atoms with E-state index in [-0.39, 0.29) is 37.3 Å². The van der Waals surface area contributed by atoms with Crippen LogP contribution in [0.15, 0.2) is 36.8 Å². The molecule has 16 nitrogen and oxygen atoms in total. The Kier molecular flexibility index (Phi) is 15.6. The van der Waals surface area contributed by atoms with Gasteiger partial charge in [0, 0.05) is 69.0 Å². The van der Waals surface area contributed by atoms with Crippen LogP contribution < -0.4 is 0 Å². The van der Waals surface area contributed by atoms with Crippen molar-refractivity contribution in [3.8, 4) is 11.3 Å². The van der Waals surface area contributed by atoms with E-state index in [1.807, 2.05) is 61.9 Å². The zero-order valence-electron chi connectivity index (χ0n) is 38.0. The maximum absolute atomic E-state index is 14.8. The molecule has 5 rings (SSSR count). The Morgan fingerprint density at radius 1 is 1.00 bits per heavy atom. The Morgan fingerprint density at radius 3 is 2.33 bits per heavy atom. The van der Waals surface area contributed by atoms with E-state index in [9.17, 15) is 24.0 Å². The summed E-state index contributed by atoms with van der Waals surface area (Å²) >= 11 is 0. The van der Waals surface area contributed by atoms with Gasteiger partial charge in [-0.25, -0.2) is 4.79 Å². The minimum absolute atomic E-state index is 0.103. The molecular formula is C45H67N5O11. The number of methoxy groups -OCH3 is 1. The number of carbonyl (C=O) groups is 5. The Labute approximate surface area is 360 Å². The van der Waals surface area contributed by atoms with Crippen molar-refractivity contribution in [2.75, 3.05) is 27.7 Å². The van der Waals surface area contributed by atoms with Crippen LogP contribution in [0.1, 0.15) is 94.4 Å². The molecular weight excluding hydrogens is 787 g/mol. The molecule has 3 fully saturated rings. The van der Waals surface area contributed by atoms with Crippen LogP contribution in [0.25, 0.3) is 11.3 Å². The highest BCUT2D eigenvalue weighted by Gasteiger charge is 2.60. The molecule has 0 aromatic carbocycles. The van der Waals surface area contributed by atoms with E-state index in [0.717, 1.165) is 11.3 Å². The van der Waals surface area contributed by atoms with Gasteiger partial charge in [0.2, 0.25) is 0 Å². The maximum Gasteiger partial charge on any atom is 0.410 e. The number of rotatable bonds is 12. The lowest BCUT2D eigenvalue weighted by atomic mass is 9.73. The Bertz CT molecular complexity index is 1860. The lowest BCUT2D eigenvalue weighted by Gasteiger charge is -2.47. The molecule has 0 saturated carbocycles. The van der Waals surface area contributed by atoms with Crippen LogP contribution in [0, 0.1) is 23.7 Å². The normalized spacial score (nSPS) is 35.4. The number of ketones is 2. The van der Waals surface area contributed by atoms with Gasteiger partial charge in [0.15, 0.2) is 23.8 Å². The third kappa shape index (κ3) is 10.3. The molecule has 3 aliphatic rings. The van der Waals surface area contributed by atoms with Crippen LogP contribution in [0.3, 0.4) is 0 Å². The average Bonchev–Trinajstić information content (AvgIpc) is 3.80. The molecule has 0 N–H and O–H groups in total. The average molecular weight is 854 g/mol. The number of nitrogens with zero attached hydrogens (tertiary/aromatic N) is 5. The SMILES string of the molecule is CC[C@H]1OC(=O)[C@H](C)C(=O)[C@H](C)[C@@H](O[C@@H]2O[C@H](C)C[C@H](N(C)C)[C@H]2OC(C)=O)[C@](C)(OC)C[C@@H](C)C(=O)[C@H](C)[C@H]2N(CCCCn3ccc(-c4cccnc4)n3)C(=O)O[C@]12C. The third-order valence-corrected chi connectivity index (χ3v) is 13.1. The third-order valence-electron chi connectivity index (χ3n) is 13.1. The maximum atomic E-state index is 14.8. The van der Waals surface area contributed by atoms with Gasteiger partial charge in [0.05, 0.1) is 35.6 Å². The van der Waals surface area contributed by atoms with Gasteiger partial charge in [0.25, 0.3) is 0 Å². The van der Waals surface area contributed by atoms with Gasteiger partial charge in [-0.05, 0) is 92.1 Å². The van der Waals surface area contributed by atoms with Crippen molar-refractivity contribution in [3.05, 3.63) is 36.8 Å². The molecule has 61 heavy (non-hydrogen) atoms. The number of amides is 1. The molecule has 0 unspecified atom stereocenters. The molecule has 2 aromatic rings. The van der Waals surface area contributed by atoms with Crippen LogP contribution in [0.2, 0.25) is 0 Å². The molecule has 0 aliphatic carbocycles. The van der Waals surface area contributed by atoms with Crippen molar-refractivity contribution in [1.29, 1.82) is 0 Å². The minimum atomic E-state index is -1.42. The van der Waals surface area contributed by atoms with Gasteiger partial charge in [-0.1, -0.05) is 27.7 Å². The van der Waals surface area contributed by atoms with Crippen LogP contribution in [0.4, 0.5) is 4.79 Å². The molecule has 1 amide bonds. The largest absolute Gasteiger partial charge is 0.458 e. The number of hydrogen-bond acceptors (Lipinski definition) is 14. The van der Waals surface area contributed by atoms with Crippen LogP contribution in [0.5, 0.6) is 0 Å². The summed E-state index contributed by atoms with van der Waals surface area (Å²) in [4.78, 5) is 77.4. The Hall–Kier alpha value is -4.25. The summed E-state index contributed by atoms with van der Waals surface area (Å²) < 4.78 is 39.3. The quantitative estimate of drug-likeness (QED) is 0.113. The molecule has 0 radical (unpaired) electrons. The van der Waals surface area contributed by atoms with Gasteiger partial charge in [0.1, 0.15) is 17.8 Å². The molecule has 16 heteroatoms. The fraction of sp³-hybridized carbons (Fsp3) is 0.711. The summed E-state index contributed by atoms with van der Waals surface area (Å²) in [5.41, 5.74) is -1.01. The summed E-state index contributed by atoms with van der Waals surface area (Å²) in [6.07, 6.45) is 2.59. The first-order chi connectivity index (χ1) is 28.8. The second-order valence-corrected chi connectivity index (χ2v) is 17.9. The molecule has 2 aromatic heterocycles. The summed E-state index contributed by atoms with van der Waals surface area (Å²) in [6.45, 7) is 16.1. The molecule has 0 bridgehead atoms. The Balaban J connectivity index is 1.46. The van der Waals surface area contributed by atoms with Gasteiger partial charge in [-0.15, -0.1) is 0 Å². The molecule has 13 atom stereocenters. The highest BCUT2D eigenvalue weighted by atomic mass is 16.7. The molecule has 3 aliphatic heterocycles. The zero-order valence-corrected chi connectivity index (χ0v) is 38.0. The first-order valence-electron chi connectivity index (χ1n) is 21.7. The first-order valence-corrected chi connectivity index (χ1v) is 21.7. The molecule has 5 heterocycles. The topological polar surface area (TPSA) is 178 Å². The second-order valence-electron chi connectivity index (χ2n) is 17.9. The van der Waals surface area contributed by atoms with Crippen molar-refractivity contribution < 1.29 is 52.4 Å². The molecule has 338 valence electrons. The summed E-state index contributed by atoms with van der Waals surface area (Å²) in [7, 11) is 5.25. The predicted octanol–water partition coefficient (Wildman–Crippen LogP) is 5.50. The standard InChI is InChI=1S/C45H67N5O11/c1-13-35-45(9)39(50(43(55)61-45)21-15-14-20-49-22-18-33(47-49)32-17-16-19-46-25-32)28(4)36(52)26(2)24-44(8,56-12)40(29(5)37(53)30(6)41(54)59-35)60-42-38(58-31(7)51)34(48(10)11)23-27(3)57-42/h16-19,22,25-30,34-35,38-40,42H,13-15,20-21,23-24H2,1-12H3/t26-,27-,28+,29+,30-,34+,35-,38-,39-,40-,42+,44-,45-/m1/s1. The smallest absolute Gasteiger partial charge is 0.410 e. The van der Waals surface area contributed by atoms with E-state index in [0.29, 0.717) is 25.8 Å². The van der Waals surface area contributed by atoms with E-state index in [2.05, 4.69) is 10.1 Å². The van der Waals surface area contributed by atoms with Crippen molar-refractivity contribution in [3.63, 3.8) is 0 Å². The second kappa shape index (κ2) is 19.9. The number of unbranched alkanes of at least 4 members (excludes halogenated alkanes) is 1. The van der Waals surface area contributed by atoms with Crippen molar-refractivity contribution >= 4 is 29.6 Å². The van der Waals surface area contributed by atoms with Crippen molar-refractivity contribution in [2.45, 2.75) is 155 Å². The van der Waals surface area contributed by atoms with Crippen molar-refractivity contribution in [1.82, 2.24) is 24.6 Å². The monoisotopic (exact) mass is 853 g/mol. The van der Waals surface area contributed by atoms with E-state index >= 15 is 0 Å². The van der Waals surface area contributed by atoms with Gasteiger partial charge < -0.3 is 38.2 Å². The van der Waals surface area contributed by atoms with E-state index in [4.69, 9.17) is 28.4 Å². The van der Waals surface area contributed by atoms with E-state index < -0.39 is 89.3 Å². The number of fused-ring (bicyclic) bond motifs is 1. The van der Waals surface area contributed by atoms with Crippen molar-refractivity contribution in [2.24, 2.45) is 23.7 Å². The fourth-order valence-corrected chi connectivity index (χ4v) is 9.72. The fourth-order valence-electron chi connectivity index (χ4n) is 9.72. The van der Waals surface area contributed by atoms with Crippen LogP contribution in [-0.4, -0.2) is 136 Å². The minimum Gasteiger partial charge on any atom is -0.458 e. The number of carbonyl (C=O) groups excluding carboxylic acids is 5. The number of pyridine rings is 1. The highest BCUT2D eigenvalue weighted by molar-refractivity contribution is 6.00. The number of cyclic esters (lactones) is 1. The Morgan fingerprint density at radius 2 is 1.70 bits per heavy atom. The number of aryl methyl sites for hydroxylation is 1. The summed E-state index contributed by atoms with van der Waals surface area (Å²) in [5, 5.41) is 4.68. The summed E-state index contributed by atoms with van der Waals surface area (Å²) in [5.74, 6) is -5.65. The highest BCUT2D eigenvalue weighted by Crippen LogP contribution is 2.43. The lowest BCUT2D eigenvalue weighted by Crippen LogP contribution is -2.61. The van der Waals surface area contributed by atoms with Gasteiger partial charge >= 0.3 is 18.0 Å². The summed E-state index contributed by atoms with van der Waals surface area (Å²) in [6, 6.07) is 4.65. The number of aromatic nitrogens is 3. The van der Waals surface area contributed by atoms with Gasteiger partial charge in [-0.3, -0.25) is 28.8 Å².